The molecule has 0 aliphatic rings. The van der Waals surface area contributed by atoms with E-state index in [9.17, 15) is 9.00 Å². The Morgan fingerprint density at radius 2 is 2.33 bits per heavy atom. The number of carbonyl (C=O) groups excluding carboxylic acids is 1. The van der Waals surface area contributed by atoms with Gasteiger partial charge in [-0.15, -0.1) is 0 Å². The van der Waals surface area contributed by atoms with E-state index in [1.165, 1.54) is 0 Å². The molecule has 0 aromatic heterocycles. The first-order valence-corrected chi connectivity index (χ1v) is 5.25. The predicted octanol–water partition coefficient (Wildman–Crippen LogP) is -0.217. The van der Waals surface area contributed by atoms with Gasteiger partial charge in [-0.1, -0.05) is 0 Å². The number of hydrogen-bond donors (Lipinski definition) is 1. The van der Waals surface area contributed by atoms with Crippen LogP contribution in [0.25, 0.3) is 0 Å². The molecular formula is C7H12N2O2S. The fraction of sp³-hybridized carbons (Fsp3) is 0.714. The van der Waals surface area contributed by atoms with Crippen molar-refractivity contribution in [3.05, 3.63) is 0 Å². The maximum Gasteiger partial charge on any atom is 0.234 e. The van der Waals surface area contributed by atoms with Crippen LogP contribution in [0.15, 0.2) is 0 Å². The van der Waals surface area contributed by atoms with Crippen molar-refractivity contribution in [1.82, 2.24) is 5.32 Å². The Labute approximate surface area is 74.4 Å². The number of hydrogen-bond acceptors (Lipinski definition) is 3. The fourth-order valence-electron chi connectivity index (χ4n) is 0.791. The second-order valence-electron chi connectivity index (χ2n) is 2.54. The predicted molar refractivity (Wildman–Crippen MR) is 46.8 cm³/mol. The minimum atomic E-state index is -0.914. The van der Waals surface area contributed by atoms with Crippen molar-refractivity contribution < 1.29 is 9.00 Å². The van der Waals surface area contributed by atoms with E-state index in [0.29, 0.717) is 5.75 Å². The highest BCUT2D eigenvalue weighted by Gasteiger charge is 2.07. The number of nitrogens with one attached hydrogen (secondary N) is 1. The fourth-order valence-corrected chi connectivity index (χ4v) is 1.58. The molecule has 1 amide bonds. The zero-order chi connectivity index (χ0) is 9.56. The Hall–Kier alpha value is -0.890. The molecule has 0 heterocycles. The van der Waals surface area contributed by atoms with E-state index < -0.39 is 10.8 Å². The second kappa shape index (κ2) is 5.72. The van der Waals surface area contributed by atoms with Crippen molar-refractivity contribution in [2.45, 2.75) is 19.4 Å². The van der Waals surface area contributed by atoms with Gasteiger partial charge in [0.25, 0.3) is 0 Å². The lowest BCUT2D eigenvalue weighted by Crippen LogP contribution is -2.35. The third-order valence-electron chi connectivity index (χ3n) is 1.13. The third kappa shape index (κ3) is 5.86. The molecule has 0 aliphatic heterocycles. The molecule has 4 nitrogen and oxygen atoms in total. The van der Waals surface area contributed by atoms with Crippen LogP contribution in [0, 0.1) is 11.3 Å². The first kappa shape index (κ1) is 11.1. The van der Waals surface area contributed by atoms with Gasteiger partial charge in [-0.2, -0.15) is 5.26 Å². The van der Waals surface area contributed by atoms with Crippen molar-refractivity contribution in [3.63, 3.8) is 0 Å². The first-order chi connectivity index (χ1) is 5.56. The minimum absolute atomic E-state index is 0.128. The van der Waals surface area contributed by atoms with Gasteiger partial charge in [0.15, 0.2) is 0 Å². The summed E-state index contributed by atoms with van der Waals surface area (Å²) in [4.78, 5) is 10.8. The van der Waals surface area contributed by atoms with Gasteiger partial charge in [-0.05, 0) is 6.92 Å². The highest BCUT2D eigenvalue weighted by molar-refractivity contribution is 7.84. The standard InChI is InChI=1S/C7H12N2O2S/c1-6(5-12(2)11)9-7(10)3-4-8/h6H,3,5H2,1-2H3,(H,9,10). The van der Waals surface area contributed by atoms with Crippen LogP contribution in [-0.2, 0) is 15.6 Å². The highest BCUT2D eigenvalue weighted by Crippen LogP contribution is 1.87. The van der Waals surface area contributed by atoms with E-state index in [2.05, 4.69) is 5.32 Å². The molecule has 0 spiro atoms. The Bertz CT molecular complexity index is 222. The van der Waals surface area contributed by atoms with Crippen LogP contribution in [-0.4, -0.2) is 28.2 Å². The molecule has 0 fully saturated rings. The van der Waals surface area contributed by atoms with Gasteiger partial charge in [0, 0.05) is 28.9 Å². The molecule has 0 radical (unpaired) electrons. The minimum Gasteiger partial charge on any atom is -0.352 e. The Balaban J connectivity index is 3.70. The second-order valence-corrected chi connectivity index (χ2v) is 4.02. The maximum absolute atomic E-state index is 10.8. The summed E-state index contributed by atoms with van der Waals surface area (Å²) in [6.07, 6.45) is 1.44. The third-order valence-corrected chi connectivity index (χ3v) is 2.10. The van der Waals surface area contributed by atoms with Crippen molar-refractivity contribution in [3.8, 4) is 6.07 Å². The number of nitriles is 1. The first-order valence-electron chi connectivity index (χ1n) is 3.52. The summed E-state index contributed by atoms with van der Waals surface area (Å²) >= 11 is 0. The quantitative estimate of drug-likeness (QED) is 0.663. The highest BCUT2D eigenvalue weighted by atomic mass is 32.2. The molecule has 2 unspecified atom stereocenters. The van der Waals surface area contributed by atoms with E-state index in [4.69, 9.17) is 5.26 Å². The Morgan fingerprint density at radius 1 is 1.75 bits per heavy atom. The van der Waals surface area contributed by atoms with Gasteiger partial charge in [-0.25, -0.2) is 0 Å². The number of nitrogens with zero attached hydrogens (tertiary/aromatic N) is 1. The largest absolute Gasteiger partial charge is 0.352 e. The van der Waals surface area contributed by atoms with Gasteiger partial charge in [0.1, 0.15) is 6.42 Å². The molecular weight excluding hydrogens is 176 g/mol. The normalized spacial score (nSPS) is 14.4. The van der Waals surface area contributed by atoms with Gasteiger partial charge in [0.05, 0.1) is 6.07 Å². The van der Waals surface area contributed by atoms with E-state index in [-0.39, 0.29) is 18.4 Å². The molecule has 5 heteroatoms. The summed E-state index contributed by atoms with van der Waals surface area (Å²) in [5, 5.41) is 10.7. The van der Waals surface area contributed by atoms with Gasteiger partial charge >= 0.3 is 0 Å². The molecule has 0 saturated carbocycles. The number of amides is 1. The van der Waals surface area contributed by atoms with E-state index in [1.54, 1.807) is 19.2 Å². The van der Waals surface area contributed by atoms with Gasteiger partial charge in [0.2, 0.25) is 5.91 Å². The molecule has 0 rings (SSSR count). The Kier molecular flexibility index (Phi) is 5.30. The van der Waals surface area contributed by atoms with Crippen molar-refractivity contribution in [2.24, 2.45) is 0 Å². The summed E-state index contributed by atoms with van der Waals surface area (Å²) < 4.78 is 10.7. The van der Waals surface area contributed by atoms with Crippen molar-refractivity contribution in [1.29, 1.82) is 5.26 Å². The summed E-state index contributed by atoms with van der Waals surface area (Å²) in [7, 11) is -0.914. The van der Waals surface area contributed by atoms with Crippen LogP contribution < -0.4 is 5.32 Å². The smallest absolute Gasteiger partial charge is 0.234 e. The summed E-state index contributed by atoms with van der Waals surface area (Å²) in [6.45, 7) is 1.76. The molecule has 0 aliphatic carbocycles. The molecule has 1 N–H and O–H groups in total. The lowest BCUT2D eigenvalue weighted by Gasteiger charge is -2.10. The van der Waals surface area contributed by atoms with Crippen LogP contribution in [0.3, 0.4) is 0 Å². The maximum atomic E-state index is 10.8. The zero-order valence-electron chi connectivity index (χ0n) is 7.16. The molecule has 2 atom stereocenters. The topological polar surface area (TPSA) is 70.0 Å². The summed E-state index contributed by atoms with van der Waals surface area (Å²) in [5.74, 6) is 0.118. The summed E-state index contributed by atoms with van der Waals surface area (Å²) in [5.41, 5.74) is 0. The number of carbonyl (C=O) groups is 1. The molecule has 0 saturated heterocycles. The SMILES string of the molecule is CC(CS(C)=O)NC(=O)CC#N. The Morgan fingerprint density at radius 3 is 2.75 bits per heavy atom. The average Bonchev–Trinajstić information content (AvgIpc) is 1.84. The lowest BCUT2D eigenvalue weighted by atomic mass is 10.3. The summed E-state index contributed by atoms with van der Waals surface area (Å²) in [6, 6.07) is 1.61. The van der Waals surface area contributed by atoms with Crippen molar-refractivity contribution >= 4 is 16.7 Å². The monoisotopic (exact) mass is 188 g/mol. The molecule has 68 valence electrons. The molecule has 0 aromatic carbocycles. The van der Waals surface area contributed by atoms with Crippen LogP contribution in [0.2, 0.25) is 0 Å². The molecule has 0 bridgehead atoms. The van der Waals surface area contributed by atoms with Crippen molar-refractivity contribution in [2.75, 3.05) is 12.0 Å². The molecule has 12 heavy (non-hydrogen) atoms. The van der Waals surface area contributed by atoms with E-state index >= 15 is 0 Å². The van der Waals surface area contributed by atoms with Crippen LogP contribution in [0.1, 0.15) is 13.3 Å². The average molecular weight is 188 g/mol. The van der Waals surface area contributed by atoms with Gasteiger partial charge in [-0.3, -0.25) is 9.00 Å². The molecule has 0 aromatic rings. The van der Waals surface area contributed by atoms with Crippen LogP contribution in [0.5, 0.6) is 0 Å². The van der Waals surface area contributed by atoms with Gasteiger partial charge < -0.3 is 5.32 Å². The van der Waals surface area contributed by atoms with Crippen LogP contribution in [0.4, 0.5) is 0 Å². The van der Waals surface area contributed by atoms with E-state index in [0.717, 1.165) is 0 Å². The zero-order valence-corrected chi connectivity index (χ0v) is 7.98. The van der Waals surface area contributed by atoms with E-state index in [1.807, 2.05) is 0 Å². The lowest BCUT2D eigenvalue weighted by molar-refractivity contribution is -0.120. The van der Waals surface area contributed by atoms with Crippen LogP contribution >= 0.6 is 0 Å². The number of rotatable bonds is 4.